The Bertz CT molecular complexity index is 915. The molecule has 1 heterocycles. The van der Waals surface area contributed by atoms with Crippen molar-refractivity contribution < 1.29 is 42.9 Å². The van der Waals surface area contributed by atoms with Gasteiger partial charge in [-0.25, -0.2) is 9.59 Å². The van der Waals surface area contributed by atoms with Gasteiger partial charge in [0, 0.05) is 0 Å². The summed E-state index contributed by atoms with van der Waals surface area (Å²) in [5.74, 6) is -2.50. The summed E-state index contributed by atoms with van der Waals surface area (Å²) in [4.78, 5) is 64.7. The fraction of sp³-hybridized carbons (Fsp3) is 0.750. The number of hydrogen-bond acceptors (Lipinski definition) is 9. The lowest BCUT2D eigenvalue weighted by atomic mass is 9.99. The number of ether oxygens (including phenoxy) is 4. The van der Waals surface area contributed by atoms with Crippen molar-refractivity contribution in [3.05, 3.63) is 12.2 Å². The van der Waals surface area contributed by atoms with Crippen molar-refractivity contribution in [3.8, 4) is 0 Å². The second-order valence-corrected chi connectivity index (χ2v) is 11.7. The van der Waals surface area contributed by atoms with Gasteiger partial charge in [0.2, 0.25) is 17.7 Å². The Morgan fingerprint density at radius 3 is 1.85 bits per heavy atom. The van der Waals surface area contributed by atoms with Gasteiger partial charge >= 0.3 is 12.1 Å². The zero-order valence-corrected chi connectivity index (χ0v) is 25.5. The first-order valence-corrected chi connectivity index (χ1v) is 13.9. The van der Waals surface area contributed by atoms with E-state index >= 15 is 0 Å². The van der Waals surface area contributed by atoms with Crippen LogP contribution in [0.3, 0.4) is 0 Å². The second-order valence-electron chi connectivity index (χ2n) is 11.7. The molecule has 0 unspecified atom stereocenters. The van der Waals surface area contributed by atoms with Gasteiger partial charge in [-0.2, -0.15) is 0 Å². The van der Waals surface area contributed by atoms with Crippen molar-refractivity contribution in [3.63, 3.8) is 0 Å². The number of nitrogens with one attached hydrogen (secondary N) is 4. The first kappa shape index (κ1) is 35.8. The average molecular weight is 585 g/mol. The molecule has 0 aliphatic carbocycles. The molecule has 0 aromatic carbocycles. The molecule has 0 aromatic rings. The molecule has 0 bridgehead atoms. The highest BCUT2D eigenvalue weighted by Gasteiger charge is 2.33. The molecule has 0 saturated carbocycles. The third-order valence-electron chi connectivity index (χ3n) is 5.65. The van der Waals surface area contributed by atoms with Crippen LogP contribution >= 0.6 is 0 Å². The van der Waals surface area contributed by atoms with Crippen LogP contribution < -0.4 is 21.3 Å². The minimum Gasteiger partial charge on any atom is -0.467 e. The van der Waals surface area contributed by atoms with Gasteiger partial charge < -0.3 is 40.2 Å². The third kappa shape index (κ3) is 14.8. The number of methoxy groups -OCH3 is 1. The van der Waals surface area contributed by atoms with E-state index in [1.165, 1.54) is 7.11 Å². The number of carbonyl (C=O) groups is 5. The number of alkyl carbamates (subject to hydrolysis) is 1. The third-order valence-corrected chi connectivity index (χ3v) is 5.65. The van der Waals surface area contributed by atoms with Crippen molar-refractivity contribution in [2.24, 2.45) is 11.8 Å². The first-order valence-electron chi connectivity index (χ1n) is 13.9. The lowest BCUT2D eigenvalue weighted by Gasteiger charge is -2.28. The molecule has 41 heavy (non-hydrogen) atoms. The zero-order chi connectivity index (χ0) is 31.2. The highest BCUT2D eigenvalue weighted by molar-refractivity contribution is 5.94. The molecule has 1 aliphatic heterocycles. The van der Waals surface area contributed by atoms with Crippen molar-refractivity contribution in [1.82, 2.24) is 21.3 Å². The molecular formula is C28H48N4O9. The summed E-state index contributed by atoms with van der Waals surface area (Å²) < 4.78 is 21.2. The van der Waals surface area contributed by atoms with Gasteiger partial charge in [0.05, 0.1) is 33.5 Å². The fourth-order valence-electron chi connectivity index (χ4n) is 3.81. The van der Waals surface area contributed by atoms with E-state index < -0.39 is 59.6 Å². The molecule has 0 fully saturated rings. The minimum atomic E-state index is -1.16. The van der Waals surface area contributed by atoms with Crippen LogP contribution in [-0.4, -0.2) is 93.1 Å². The molecule has 4 N–H and O–H groups in total. The normalized spacial score (nSPS) is 24.8. The van der Waals surface area contributed by atoms with Crippen LogP contribution in [0.25, 0.3) is 0 Å². The van der Waals surface area contributed by atoms with Crippen molar-refractivity contribution in [2.45, 2.75) is 91.1 Å². The lowest BCUT2D eigenvalue weighted by molar-refractivity contribution is -0.147. The lowest BCUT2D eigenvalue weighted by Crippen LogP contribution is -2.59. The van der Waals surface area contributed by atoms with Crippen LogP contribution in [0.15, 0.2) is 12.2 Å². The maximum absolute atomic E-state index is 13.4. The summed E-state index contributed by atoms with van der Waals surface area (Å²) in [6.45, 7) is 12.5. The van der Waals surface area contributed by atoms with Crippen LogP contribution in [0.5, 0.6) is 0 Å². The van der Waals surface area contributed by atoms with Gasteiger partial charge in [0.15, 0.2) is 6.04 Å². The molecule has 1 rings (SSSR count). The molecule has 0 saturated heterocycles. The van der Waals surface area contributed by atoms with E-state index in [4.69, 9.17) is 18.9 Å². The summed E-state index contributed by atoms with van der Waals surface area (Å²) in [6, 6.07) is -4.27. The van der Waals surface area contributed by atoms with Gasteiger partial charge in [0.1, 0.15) is 23.7 Å². The highest BCUT2D eigenvalue weighted by atomic mass is 16.6. The van der Waals surface area contributed by atoms with Crippen molar-refractivity contribution in [1.29, 1.82) is 0 Å². The monoisotopic (exact) mass is 584 g/mol. The Morgan fingerprint density at radius 2 is 1.37 bits per heavy atom. The largest absolute Gasteiger partial charge is 0.467 e. The predicted molar refractivity (Wildman–Crippen MR) is 151 cm³/mol. The number of esters is 1. The van der Waals surface area contributed by atoms with E-state index in [-0.39, 0.29) is 51.1 Å². The molecule has 13 heteroatoms. The number of rotatable bonds is 6. The minimum absolute atomic E-state index is 0.000731. The van der Waals surface area contributed by atoms with Crippen LogP contribution in [0.1, 0.15) is 61.3 Å². The Morgan fingerprint density at radius 1 is 0.878 bits per heavy atom. The quantitative estimate of drug-likeness (QED) is 0.265. The first-order chi connectivity index (χ1) is 19.1. The molecule has 0 spiro atoms. The van der Waals surface area contributed by atoms with E-state index in [2.05, 4.69) is 21.3 Å². The van der Waals surface area contributed by atoms with E-state index in [9.17, 15) is 24.0 Å². The van der Waals surface area contributed by atoms with Gasteiger partial charge in [-0.3, -0.25) is 14.4 Å². The Hall–Kier alpha value is -3.19. The Labute approximate surface area is 242 Å². The number of amides is 4. The molecular weight excluding hydrogens is 536 g/mol. The highest BCUT2D eigenvalue weighted by Crippen LogP contribution is 2.11. The summed E-state index contributed by atoms with van der Waals surface area (Å²) in [6.07, 6.45) is 3.01. The van der Waals surface area contributed by atoms with Crippen LogP contribution in [0, 0.1) is 11.8 Å². The summed E-state index contributed by atoms with van der Waals surface area (Å²) in [7, 11) is 1.20. The van der Waals surface area contributed by atoms with Crippen molar-refractivity contribution in [2.75, 3.05) is 33.5 Å². The van der Waals surface area contributed by atoms with E-state index in [1.54, 1.807) is 32.9 Å². The Balaban J connectivity index is 3.32. The maximum atomic E-state index is 13.4. The van der Waals surface area contributed by atoms with Gasteiger partial charge in [0.25, 0.3) is 0 Å². The fourth-order valence-corrected chi connectivity index (χ4v) is 3.81. The number of carbonyl (C=O) groups excluding carboxylic acids is 5. The SMILES string of the molecule is COC(=O)[C@@H]1COC/C=C/COC[C@H](NC(=O)OC(C)(C)C)C(=O)N[C@@H](CC(C)C)C(=O)N[C@@H](CC(C)C)C(=O)N1. The van der Waals surface area contributed by atoms with E-state index in [0.717, 1.165) is 0 Å². The van der Waals surface area contributed by atoms with Gasteiger partial charge in [-0.15, -0.1) is 0 Å². The molecule has 4 amide bonds. The van der Waals surface area contributed by atoms with Crippen LogP contribution in [-0.2, 0) is 38.1 Å². The topological polar surface area (TPSA) is 170 Å². The zero-order valence-electron chi connectivity index (χ0n) is 25.5. The van der Waals surface area contributed by atoms with Gasteiger partial charge in [-0.1, -0.05) is 39.8 Å². The molecule has 13 nitrogen and oxygen atoms in total. The number of hydrogen-bond donors (Lipinski definition) is 4. The van der Waals surface area contributed by atoms with E-state index in [0.29, 0.717) is 0 Å². The van der Waals surface area contributed by atoms with Crippen LogP contribution in [0.2, 0.25) is 0 Å². The average Bonchev–Trinajstić information content (AvgIpc) is 2.85. The summed E-state index contributed by atoms with van der Waals surface area (Å²) >= 11 is 0. The van der Waals surface area contributed by atoms with E-state index in [1.807, 2.05) is 27.7 Å². The second kappa shape index (κ2) is 17.6. The standard InChI is InChI=1S/C28H48N4O9/c1-17(2)13-19-23(33)29-20(14-18(3)4)24(34)31-22(26(36)38-8)16-40-12-10-9-11-39-15-21(25(35)30-19)32-27(37)41-28(5,6)7/h9-10,17-22H,11-16H2,1-8H3,(H,29,33)(H,30,35)(H,31,34)(H,32,37)/b10-9+/t19-,20-,21-,22-/m0/s1. The van der Waals surface area contributed by atoms with Gasteiger partial charge in [-0.05, 0) is 45.4 Å². The molecule has 0 aromatic heterocycles. The molecule has 4 atom stereocenters. The summed E-state index contributed by atoms with van der Waals surface area (Å²) in [5, 5.41) is 10.5. The predicted octanol–water partition coefficient (Wildman–Crippen LogP) is 1.20. The van der Waals surface area contributed by atoms with Crippen LogP contribution in [0.4, 0.5) is 4.79 Å². The summed E-state index contributed by atoms with van der Waals surface area (Å²) in [5.41, 5.74) is -0.793. The molecule has 0 radical (unpaired) electrons. The maximum Gasteiger partial charge on any atom is 0.408 e. The molecule has 1 aliphatic rings. The smallest absolute Gasteiger partial charge is 0.408 e. The van der Waals surface area contributed by atoms with Crippen molar-refractivity contribution >= 4 is 29.8 Å². The molecule has 234 valence electrons. The Kier molecular flexibility index (Phi) is 15.4.